The Balaban J connectivity index is 2.09. The van der Waals surface area contributed by atoms with Gasteiger partial charge in [0.25, 0.3) is 0 Å². The molecule has 2 aromatic carbocycles. The van der Waals surface area contributed by atoms with Gasteiger partial charge in [-0.05, 0) is 48.2 Å². The Labute approximate surface area is 127 Å². The fraction of sp³-hybridized carbons (Fsp3) is 0.250. The largest absolute Gasteiger partial charge is 0.341 e. The lowest BCUT2D eigenvalue weighted by molar-refractivity contribution is 0.765. The van der Waals surface area contributed by atoms with E-state index in [-0.39, 0.29) is 0 Å². The van der Waals surface area contributed by atoms with Gasteiger partial charge in [-0.1, -0.05) is 45.7 Å². The molecule has 0 unspecified atom stereocenters. The molecular formula is C16H15BrClN. The summed E-state index contributed by atoms with van der Waals surface area (Å²) in [6.07, 6.45) is 2.37. The van der Waals surface area contributed by atoms with Gasteiger partial charge in [-0.2, -0.15) is 0 Å². The Morgan fingerprint density at radius 2 is 1.95 bits per heavy atom. The molecule has 1 nitrogen and oxygen atoms in total. The summed E-state index contributed by atoms with van der Waals surface area (Å²) < 4.78 is 0. The van der Waals surface area contributed by atoms with Crippen molar-refractivity contribution in [2.45, 2.75) is 18.2 Å². The molecule has 2 aromatic rings. The van der Waals surface area contributed by atoms with Crippen LogP contribution in [0.15, 0.2) is 42.5 Å². The first-order chi connectivity index (χ1) is 9.29. The van der Waals surface area contributed by atoms with Crippen LogP contribution >= 0.6 is 27.5 Å². The van der Waals surface area contributed by atoms with Crippen LogP contribution in [0.4, 0.5) is 11.4 Å². The van der Waals surface area contributed by atoms with Crippen LogP contribution in [0.25, 0.3) is 0 Å². The van der Waals surface area contributed by atoms with Crippen molar-refractivity contribution in [1.82, 2.24) is 0 Å². The SMILES string of the molecule is Clc1ccc(N2CCCc3ccccc32)c(CBr)c1. The lowest BCUT2D eigenvalue weighted by atomic mass is 10.0. The van der Waals surface area contributed by atoms with Gasteiger partial charge in [0.05, 0.1) is 0 Å². The number of anilines is 2. The summed E-state index contributed by atoms with van der Waals surface area (Å²) in [6.45, 7) is 1.07. The molecule has 0 aromatic heterocycles. The van der Waals surface area contributed by atoms with Gasteiger partial charge in [-0.15, -0.1) is 0 Å². The smallest absolute Gasteiger partial charge is 0.0452 e. The fourth-order valence-electron chi connectivity index (χ4n) is 2.71. The summed E-state index contributed by atoms with van der Waals surface area (Å²) >= 11 is 9.66. The first kappa shape index (κ1) is 13.0. The number of rotatable bonds is 2. The molecule has 0 aliphatic carbocycles. The van der Waals surface area contributed by atoms with Crippen LogP contribution in [0.5, 0.6) is 0 Å². The minimum Gasteiger partial charge on any atom is -0.341 e. The molecule has 3 heteroatoms. The molecule has 98 valence electrons. The molecule has 0 fully saturated rings. The average molecular weight is 337 g/mol. The number of alkyl halides is 1. The lowest BCUT2D eigenvalue weighted by Crippen LogP contribution is -2.25. The number of fused-ring (bicyclic) bond motifs is 1. The Kier molecular flexibility index (Phi) is 3.81. The number of aryl methyl sites for hydroxylation is 1. The molecule has 1 aliphatic rings. The zero-order valence-electron chi connectivity index (χ0n) is 10.6. The zero-order chi connectivity index (χ0) is 13.2. The highest BCUT2D eigenvalue weighted by Gasteiger charge is 2.19. The third-order valence-corrected chi connectivity index (χ3v) is 4.43. The molecule has 1 aliphatic heterocycles. The van der Waals surface area contributed by atoms with Crippen LogP contribution in [0, 0.1) is 0 Å². The van der Waals surface area contributed by atoms with Crippen molar-refractivity contribution >= 4 is 38.9 Å². The maximum atomic E-state index is 6.10. The second kappa shape index (κ2) is 5.56. The van der Waals surface area contributed by atoms with E-state index in [0.29, 0.717) is 0 Å². The van der Waals surface area contributed by atoms with Gasteiger partial charge in [0, 0.05) is 28.3 Å². The van der Waals surface area contributed by atoms with Gasteiger partial charge in [0.2, 0.25) is 0 Å². The van der Waals surface area contributed by atoms with Crippen LogP contribution in [-0.2, 0) is 11.8 Å². The van der Waals surface area contributed by atoms with Crippen LogP contribution in [0.3, 0.4) is 0 Å². The summed E-state index contributed by atoms with van der Waals surface area (Å²) in [5.74, 6) is 0. The van der Waals surface area contributed by atoms with Crippen LogP contribution in [-0.4, -0.2) is 6.54 Å². The predicted molar refractivity (Wildman–Crippen MR) is 85.9 cm³/mol. The van der Waals surface area contributed by atoms with Crippen molar-refractivity contribution in [2.75, 3.05) is 11.4 Å². The van der Waals surface area contributed by atoms with Crippen molar-refractivity contribution in [3.05, 3.63) is 58.6 Å². The Bertz CT molecular complexity index is 597. The lowest BCUT2D eigenvalue weighted by Gasteiger charge is -2.32. The minimum absolute atomic E-state index is 0.795. The first-order valence-electron chi connectivity index (χ1n) is 6.49. The molecule has 3 rings (SSSR count). The van der Waals surface area contributed by atoms with E-state index in [2.05, 4.69) is 51.2 Å². The van der Waals surface area contributed by atoms with E-state index in [0.717, 1.165) is 16.9 Å². The van der Waals surface area contributed by atoms with Gasteiger partial charge in [-0.3, -0.25) is 0 Å². The summed E-state index contributed by atoms with van der Waals surface area (Å²) in [6, 6.07) is 14.8. The molecule has 0 saturated carbocycles. The molecule has 0 N–H and O–H groups in total. The summed E-state index contributed by atoms with van der Waals surface area (Å²) in [5.41, 5.74) is 5.26. The number of hydrogen-bond acceptors (Lipinski definition) is 1. The first-order valence-corrected chi connectivity index (χ1v) is 7.99. The molecule has 0 radical (unpaired) electrons. The molecule has 1 heterocycles. The standard InChI is InChI=1S/C16H15BrClN/c17-11-13-10-14(18)7-8-16(13)19-9-3-5-12-4-1-2-6-15(12)19/h1-2,4,6-8,10H,3,5,9,11H2. The second-order valence-corrected chi connectivity index (χ2v) is 5.79. The Hall–Kier alpha value is -0.990. The minimum atomic E-state index is 0.795. The second-order valence-electron chi connectivity index (χ2n) is 4.79. The van der Waals surface area contributed by atoms with Crippen LogP contribution in [0.2, 0.25) is 5.02 Å². The third-order valence-electron chi connectivity index (χ3n) is 3.59. The number of para-hydroxylation sites is 1. The van der Waals surface area contributed by atoms with Crippen molar-refractivity contribution in [3.8, 4) is 0 Å². The molecule has 0 saturated heterocycles. The molecule has 0 atom stereocenters. The van der Waals surface area contributed by atoms with Crippen molar-refractivity contribution in [3.63, 3.8) is 0 Å². The van der Waals surface area contributed by atoms with E-state index in [1.165, 1.54) is 35.3 Å². The molecule has 0 amide bonds. The molecule has 0 bridgehead atoms. The topological polar surface area (TPSA) is 3.24 Å². The van der Waals surface area contributed by atoms with Gasteiger partial charge in [-0.25, -0.2) is 0 Å². The Morgan fingerprint density at radius 1 is 1.11 bits per heavy atom. The van der Waals surface area contributed by atoms with Crippen LogP contribution < -0.4 is 4.90 Å². The maximum Gasteiger partial charge on any atom is 0.0452 e. The van der Waals surface area contributed by atoms with Gasteiger partial charge in [0.15, 0.2) is 0 Å². The van der Waals surface area contributed by atoms with E-state index < -0.39 is 0 Å². The average Bonchev–Trinajstić information content (AvgIpc) is 2.46. The quantitative estimate of drug-likeness (QED) is 0.671. The van der Waals surface area contributed by atoms with Crippen LogP contribution in [0.1, 0.15) is 17.5 Å². The molecule has 0 spiro atoms. The normalized spacial score (nSPS) is 14.3. The molecule has 19 heavy (non-hydrogen) atoms. The predicted octanol–water partition coefficient (Wildman–Crippen LogP) is 5.32. The van der Waals surface area contributed by atoms with Crippen molar-refractivity contribution in [1.29, 1.82) is 0 Å². The van der Waals surface area contributed by atoms with E-state index in [1.54, 1.807) is 0 Å². The number of halogens is 2. The summed E-state index contributed by atoms with van der Waals surface area (Å²) in [5, 5.41) is 1.62. The third kappa shape index (κ3) is 2.52. The summed E-state index contributed by atoms with van der Waals surface area (Å²) in [7, 11) is 0. The highest BCUT2D eigenvalue weighted by atomic mass is 79.9. The van der Waals surface area contributed by atoms with E-state index in [4.69, 9.17) is 11.6 Å². The van der Waals surface area contributed by atoms with E-state index in [1.807, 2.05) is 12.1 Å². The number of benzene rings is 2. The van der Waals surface area contributed by atoms with E-state index >= 15 is 0 Å². The van der Waals surface area contributed by atoms with Crippen molar-refractivity contribution < 1.29 is 0 Å². The fourth-order valence-corrected chi connectivity index (χ4v) is 3.35. The zero-order valence-corrected chi connectivity index (χ0v) is 12.9. The Morgan fingerprint density at radius 3 is 2.79 bits per heavy atom. The summed E-state index contributed by atoms with van der Waals surface area (Å²) in [4.78, 5) is 2.41. The van der Waals surface area contributed by atoms with Gasteiger partial charge < -0.3 is 4.90 Å². The highest BCUT2D eigenvalue weighted by molar-refractivity contribution is 9.08. The van der Waals surface area contributed by atoms with Gasteiger partial charge in [0.1, 0.15) is 0 Å². The van der Waals surface area contributed by atoms with E-state index in [9.17, 15) is 0 Å². The highest BCUT2D eigenvalue weighted by Crippen LogP contribution is 2.36. The maximum absolute atomic E-state index is 6.10. The van der Waals surface area contributed by atoms with Gasteiger partial charge >= 0.3 is 0 Å². The number of hydrogen-bond donors (Lipinski definition) is 0. The number of nitrogens with zero attached hydrogens (tertiary/aromatic N) is 1. The van der Waals surface area contributed by atoms with Crippen molar-refractivity contribution in [2.24, 2.45) is 0 Å². The molecular weight excluding hydrogens is 322 g/mol. The monoisotopic (exact) mass is 335 g/mol.